The average molecular weight is 458 g/mol. The SMILES string of the molecule is CCCCCCCCCCC(O)CCCCCCCC(=O)OC(CC(=O)[O-])C[N+](C)(C)C. The number of rotatable bonds is 22. The lowest BCUT2D eigenvalue weighted by Crippen LogP contribution is -2.45. The quantitative estimate of drug-likeness (QED) is 0.148. The number of carboxylic acids is 1. The molecule has 0 bridgehead atoms. The van der Waals surface area contributed by atoms with Crippen LogP contribution in [0.1, 0.15) is 116 Å². The Hall–Kier alpha value is -1.14. The first kappa shape index (κ1) is 30.9. The van der Waals surface area contributed by atoms with Gasteiger partial charge in [-0.1, -0.05) is 84.0 Å². The third kappa shape index (κ3) is 22.1. The van der Waals surface area contributed by atoms with E-state index in [9.17, 15) is 19.8 Å². The van der Waals surface area contributed by atoms with Gasteiger partial charge in [-0.2, -0.15) is 0 Å². The Morgan fingerprint density at radius 1 is 0.812 bits per heavy atom. The van der Waals surface area contributed by atoms with E-state index in [0.29, 0.717) is 17.4 Å². The lowest BCUT2D eigenvalue weighted by Gasteiger charge is -2.29. The van der Waals surface area contributed by atoms with Crippen molar-refractivity contribution in [2.75, 3.05) is 27.7 Å². The van der Waals surface area contributed by atoms with Crippen LogP contribution >= 0.6 is 0 Å². The first-order chi connectivity index (χ1) is 15.1. The van der Waals surface area contributed by atoms with Crippen LogP contribution in [0.4, 0.5) is 0 Å². The van der Waals surface area contributed by atoms with E-state index in [1.807, 2.05) is 21.1 Å². The molecule has 0 saturated carbocycles. The molecule has 2 unspecified atom stereocenters. The minimum Gasteiger partial charge on any atom is -0.550 e. The van der Waals surface area contributed by atoms with E-state index in [1.54, 1.807) is 0 Å². The number of carbonyl (C=O) groups is 2. The Morgan fingerprint density at radius 3 is 1.75 bits per heavy atom. The number of hydrogen-bond donors (Lipinski definition) is 1. The molecule has 0 aromatic rings. The fraction of sp³-hybridized carbons (Fsp3) is 0.923. The second-order valence-electron chi connectivity index (χ2n) is 10.4. The van der Waals surface area contributed by atoms with Crippen molar-refractivity contribution in [3.63, 3.8) is 0 Å². The minimum atomic E-state index is -1.19. The molecule has 0 aromatic heterocycles. The molecule has 0 fully saturated rings. The number of carbonyl (C=O) groups excluding carboxylic acids is 2. The summed E-state index contributed by atoms with van der Waals surface area (Å²) in [6, 6.07) is 0. The van der Waals surface area contributed by atoms with Crippen LogP contribution in [-0.2, 0) is 14.3 Å². The summed E-state index contributed by atoms with van der Waals surface area (Å²) in [5.41, 5.74) is 0. The van der Waals surface area contributed by atoms with E-state index in [2.05, 4.69) is 6.92 Å². The summed E-state index contributed by atoms with van der Waals surface area (Å²) in [6.45, 7) is 2.69. The molecule has 6 nitrogen and oxygen atoms in total. The maximum absolute atomic E-state index is 12.0. The zero-order valence-electron chi connectivity index (χ0n) is 21.4. The van der Waals surface area contributed by atoms with Gasteiger partial charge in [-0.3, -0.25) is 4.79 Å². The number of quaternary nitrogens is 1. The predicted octanol–water partition coefficient (Wildman–Crippen LogP) is 4.37. The van der Waals surface area contributed by atoms with Crippen LogP contribution in [-0.4, -0.2) is 61.4 Å². The first-order valence-electron chi connectivity index (χ1n) is 13.0. The number of likely N-dealkylation sites (N-methyl/N-ethyl adjacent to an activating group) is 1. The molecule has 190 valence electrons. The Labute approximate surface area is 197 Å². The number of aliphatic hydroxyl groups is 1. The molecule has 0 spiro atoms. The fourth-order valence-electron chi connectivity index (χ4n) is 4.02. The molecule has 32 heavy (non-hydrogen) atoms. The van der Waals surface area contributed by atoms with Crippen molar-refractivity contribution in [2.24, 2.45) is 0 Å². The molecule has 0 rings (SSSR count). The van der Waals surface area contributed by atoms with Gasteiger partial charge in [-0.15, -0.1) is 0 Å². The van der Waals surface area contributed by atoms with Crippen molar-refractivity contribution in [2.45, 2.75) is 128 Å². The maximum Gasteiger partial charge on any atom is 0.306 e. The van der Waals surface area contributed by atoms with Gasteiger partial charge in [-0.05, 0) is 19.3 Å². The zero-order valence-corrected chi connectivity index (χ0v) is 21.4. The summed E-state index contributed by atoms with van der Waals surface area (Å²) >= 11 is 0. The van der Waals surface area contributed by atoms with E-state index in [1.165, 1.54) is 44.9 Å². The topological polar surface area (TPSA) is 86.7 Å². The van der Waals surface area contributed by atoms with Crippen molar-refractivity contribution in [3.8, 4) is 0 Å². The van der Waals surface area contributed by atoms with Gasteiger partial charge in [0.05, 0.1) is 27.2 Å². The van der Waals surface area contributed by atoms with E-state index < -0.39 is 12.1 Å². The molecule has 0 aliphatic carbocycles. The number of unbranched alkanes of at least 4 members (excludes halogenated alkanes) is 11. The van der Waals surface area contributed by atoms with Crippen LogP contribution in [0.3, 0.4) is 0 Å². The highest BCUT2D eigenvalue weighted by molar-refractivity contribution is 5.70. The smallest absolute Gasteiger partial charge is 0.306 e. The van der Waals surface area contributed by atoms with Crippen LogP contribution in [0.25, 0.3) is 0 Å². The van der Waals surface area contributed by atoms with Crippen molar-refractivity contribution in [1.82, 2.24) is 0 Å². The molecule has 0 radical (unpaired) electrons. The van der Waals surface area contributed by atoms with E-state index >= 15 is 0 Å². The molecule has 0 heterocycles. The number of aliphatic carboxylic acids is 1. The molecule has 1 N–H and O–H groups in total. The summed E-state index contributed by atoms with van der Waals surface area (Å²) in [5.74, 6) is -1.52. The van der Waals surface area contributed by atoms with Crippen LogP contribution in [0, 0.1) is 0 Å². The fourth-order valence-corrected chi connectivity index (χ4v) is 4.02. The largest absolute Gasteiger partial charge is 0.550 e. The van der Waals surface area contributed by atoms with Gasteiger partial charge in [0, 0.05) is 18.8 Å². The standard InChI is InChI=1S/C26H51NO5/c1-5-6-7-8-9-10-12-15-18-23(28)19-16-13-11-14-17-20-26(31)32-24(21-25(29)30)22-27(2,3)4/h23-24,28H,5-22H2,1-4H3. The average Bonchev–Trinajstić information content (AvgIpc) is 2.67. The molecule has 6 heteroatoms. The van der Waals surface area contributed by atoms with E-state index in [-0.39, 0.29) is 18.5 Å². The molecular formula is C26H51NO5. The highest BCUT2D eigenvalue weighted by Gasteiger charge is 2.22. The Morgan fingerprint density at radius 2 is 1.28 bits per heavy atom. The number of hydrogen-bond acceptors (Lipinski definition) is 5. The number of esters is 1. The van der Waals surface area contributed by atoms with Gasteiger partial charge in [0.2, 0.25) is 0 Å². The second kappa shape index (κ2) is 19.3. The van der Waals surface area contributed by atoms with E-state index in [0.717, 1.165) is 51.4 Å². The van der Waals surface area contributed by atoms with E-state index in [4.69, 9.17) is 4.74 Å². The third-order valence-corrected chi connectivity index (χ3v) is 5.75. The van der Waals surface area contributed by atoms with Gasteiger partial charge in [0.15, 0.2) is 6.10 Å². The molecule has 2 atom stereocenters. The molecule has 0 aliphatic rings. The maximum atomic E-state index is 12.0. The first-order valence-corrected chi connectivity index (χ1v) is 13.0. The van der Waals surface area contributed by atoms with Gasteiger partial charge in [0.25, 0.3) is 0 Å². The number of aliphatic hydroxyl groups excluding tert-OH is 1. The normalized spacial score (nSPS) is 13.7. The number of nitrogens with zero attached hydrogens (tertiary/aromatic N) is 1. The monoisotopic (exact) mass is 457 g/mol. The third-order valence-electron chi connectivity index (χ3n) is 5.75. The van der Waals surface area contributed by atoms with Crippen molar-refractivity contribution in [1.29, 1.82) is 0 Å². The van der Waals surface area contributed by atoms with Crippen molar-refractivity contribution < 1.29 is 29.0 Å². The molecule has 0 aromatic carbocycles. The summed E-state index contributed by atoms with van der Waals surface area (Å²) in [4.78, 5) is 22.9. The zero-order chi connectivity index (χ0) is 24.2. The van der Waals surface area contributed by atoms with Crippen molar-refractivity contribution >= 4 is 11.9 Å². The van der Waals surface area contributed by atoms with Crippen LogP contribution < -0.4 is 5.11 Å². The highest BCUT2D eigenvalue weighted by atomic mass is 16.5. The summed E-state index contributed by atoms with van der Waals surface area (Å²) < 4.78 is 5.89. The minimum absolute atomic E-state index is 0.174. The molecule has 0 aliphatic heterocycles. The predicted molar refractivity (Wildman–Crippen MR) is 128 cm³/mol. The molecular weight excluding hydrogens is 406 g/mol. The number of ether oxygens (including phenoxy) is 1. The Balaban J connectivity index is 3.66. The summed E-state index contributed by atoms with van der Waals surface area (Å²) in [6.07, 6.45) is 16.2. The lowest BCUT2D eigenvalue weighted by atomic mass is 10.0. The highest BCUT2D eigenvalue weighted by Crippen LogP contribution is 2.15. The molecule has 0 saturated heterocycles. The Bertz CT molecular complexity index is 475. The van der Waals surface area contributed by atoms with Gasteiger partial charge in [-0.25, -0.2) is 0 Å². The summed E-state index contributed by atoms with van der Waals surface area (Å²) in [7, 11) is 5.80. The Kier molecular flexibility index (Phi) is 18.7. The van der Waals surface area contributed by atoms with Crippen molar-refractivity contribution in [3.05, 3.63) is 0 Å². The van der Waals surface area contributed by atoms with Crippen LogP contribution in [0.2, 0.25) is 0 Å². The van der Waals surface area contributed by atoms with Gasteiger partial charge < -0.3 is 24.2 Å². The van der Waals surface area contributed by atoms with Gasteiger partial charge >= 0.3 is 5.97 Å². The second-order valence-corrected chi connectivity index (χ2v) is 10.4. The lowest BCUT2D eigenvalue weighted by molar-refractivity contribution is -0.873. The van der Waals surface area contributed by atoms with Gasteiger partial charge in [0.1, 0.15) is 6.54 Å². The van der Waals surface area contributed by atoms with Crippen LogP contribution in [0.5, 0.6) is 0 Å². The number of carboxylic acid groups (broad SMARTS) is 1. The van der Waals surface area contributed by atoms with Crippen LogP contribution in [0.15, 0.2) is 0 Å². The summed E-state index contributed by atoms with van der Waals surface area (Å²) in [5, 5.41) is 21.0. The molecule has 0 amide bonds.